The third kappa shape index (κ3) is 3.10. The molecule has 0 N–H and O–H groups in total. The topological polar surface area (TPSA) is 34.5 Å². The molecule has 0 amide bonds. The van der Waals surface area contributed by atoms with E-state index in [-0.39, 0.29) is 0 Å². The SMILES string of the molecule is C#Cc1nc(C2=C(C)/C(=N/OCc3ccccc3)CC2)cs1. The third-order valence-corrected chi connectivity index (χ3v) is 4.46. The van der Waals surface area contributed by atoms with Crippen molar-refractivity contribution in [2.45, 2.75) is 26.4 Å². The van der Waals surface area contributed by atoms with Crippen LogP contribution in [-0.2, 0) is 11.4 Å². The first kappa shape index (κ1) is 14.6. The summed E-state index contributed by atoms with van der Waals surface area (Å²) in [7, 11) is 0. The molecule has 110 valence electrons. The maximum atomic E-state index is 5.49. The van der Waals surface area contributed by atoms with Crippen molar-refractivity contribution < 1.29 is 4.84 Å². The summed E-state index contributed by atoms with van der Waals surface area (Å²) in [6, 6.07) is 10.0. The largest absolute Gasteiger partial charge is 0.391 e. The number of rotatable bonds is 4. The van der Waals surface area contributed by atoms with Gasteiger partial charge in [0.15, 0.2) is 5.01 Å². The maximum absolute atomic E-state index is 5.49. The molecule has 0 atom stereocenters. The molecule has 0 fully saturated rings. The molecule has 0 bridgehead atoms. The van der Waals surface area contributed by atoms with E-state index >= 15 is 0 Å². The van der Waals surface area contributed by atoms with Gasteiger partial charge in [0.2, 0.25) is 0 Å². The second-order valence-electron chi connectivity index (χ2n) is 5.08. The van der Waals surface area contributed by atoms with Crippen LogP contribution in [0.15, 0.2) is 46.4 Å². The fourth-order valence-electron chi connectivity index (χ4n) is 2.46. The normalized spacial score (nSPS) is 16.1. The van der Waals surface area contributed by atoms with Crippen molar-refractivity contribution in [2.75, 3.05) is 0 Å². The fourth-order valence-corrected chi connectivity index (χ4v) is 3.10. The second-order valence-corrected chi connectivity index (χ2v) is 5.94. The minimum atomic E-state index is 0.491. The highest BCUT2D eigenvalue weighted by Crippen LogP contribution is 2.32. The Morgan fingerprint density at radius 1 is 1.32 bits per heavy atom. The van der Waals surface area contributed by atoms with Crippen molar-refractivity contribution in [3.05, 3.63) is 57.6 Å². The lowest BCUT2D eigenvalue weighted by Crippen LogP contribution is -1.96. The van der Waals surface area contributed by atoms with Crippen molar-refractivity contribution in [3.63, 3.8) is 0 Å². The number of hydrogen-bond acceptors (Lipinski definition) is 4. The monoisotopic (exact) mass is 308 g/mol. The van der Waals surface area contributed by atoms with E-state index in [1.165, 1.54) is 16.9 Å². The van der Waals surface area contributed by atoms with Crippen molar-refractivity contribution in [2.24, 2.45) is 5.16 Å². The highest BCUT2D eigenvalue weighted by molar-refractivity contribution is 7.10. The highest BCUT2D eigenvalue weighted by Gasteiger charge is 2.21. The molecule has 2 aromatic rings. The molecular weight excluding hydrogens is 292 g/mol. The molecule has 0 aliphatic heterocycles. The zero-order chi connectivity index (χ0) is 15.4. The predicted octanol–water partition coefficient (Wildman–Crippen LogP) is 4.26. The standard InChI is InChI=1S/C18H16N2OS/c1-3-18-19-17(12-22-18)15-9-10-16(13(15)2)20-21-11-14-7-5-4-6-8-14/h1,4-8,12H,9-11H2,2H3/b20-16+. The number of allylic oxidation sites excluding steroid dienone is 2. The van der Waals surface area contributed by atoms with Crippen LogP contribution in [-0.4, -0.2) is 10.7 Å². The van der Waals surface area contributed by atoms with Crippen molar-refractivity contribution in [3.8, 4) is 12.3 Å². The Morgan fingerprint density at radius 3 is 2.86 bits per heavy atom. The van der Waals surface area contributed by atoms with E-state index in [0.29, 0.717) is 6.61 Å². The van der Waals surface area contributed by atoms with Crippen LogP contribution >= 0.6 is 11.3 Å². The van der Waals surface area contributed by atoms with Gasteiger partial charge in [0.1, 0.15) is 6.61 Å². The summed E-state index contributed by atoms with van der Waals surface area (Å²) in [6.45, 7) is 2.56. The van der Waals surface area contributed by atoms with Gasteiger partial charge in [-0.2, -0.15) is 0 Å². The predicted molar refractivity (Wildman–Crippen MR) is 90.5 cm³/mol. The molecule has 0 spiro atoms. The van der Waals surface area contributed by atoms with E-state index in [9.17, 15) is 0 Å². The second kappa shape index (κ2) is 6.59. The van der Waals surface area contributed by atoms with Gasteiger partial charge < -0.3 is 4.84 Å². The van der Waals surface area contributed by atoms with Crippen LogP contribution in [0.1, 0.15) is 36.0 Å². The van der Waals surface area contributed by atoms with Gasteiger partial charge in [-0.05, 0) is 42.4 Å². The highest BCUT2D eigenvalue weighted by atomic mass is 32.1. The molecule has 1 aliphatic rings. The van der Waals surface area contributed by atoms with Gasteiger partial charge in [-0.15, -0.1) is 17.8 Å². The summed E-state index contributed by atoms with van der Waals surface area (Å²) in [6.07, 6.45) is 7.21. The molecule has 22 heavy (non-hydrogen) atoms. The smallest absolute Gasteiger partial charge is 0.167 e. The molecule has 3 nitrogen and oxygen atoms in total. The first-order valence-electron chi connectivity index (χ1n) is 7.13. The Kier molecular flexibility index (Phi) is 4.36. The first-order chi connectivity index (χ1) is 10.8. The number of hydrogen-bond donors (Lipinski definition) is 0. The van der Waals surface area contributed by atoms with Crippen LogP contribution in [0.3, 0.4) is 0 Å². The number of terminal acetylenes is 1. The summed E-state index contributed by atoms with van der Waals surface area (Å²) in [5.74, 6) is 2.58. The quantitative estimate of drug-likeness (QED) is 0.624. The number of benzene rings is 1. The average molecular weight is 308 g/mol. The molecule has 1 aromatic heterocycles. The lowest BCUT2D eigenvalue weighted by Gasteiger charge is -2.02. The summed E-state index contributed by atoms with van der Waals surface area (Å²) < 4.78 is 0. The maximum Gasteiger partial charge on any atom is 0.167 e. The van der Waals surface area contributed by atoms with Gasteiger partial charge in [-0.1, -0.05) is 35.5 Å². The van der Waals surface area contributed by atoms with E-state index < -0.39 is 0 Å². The minimum Gasteiger partial charge on any atom is -0.391 e. The van der Waals surface area contributed by atoms with Crippen LogP contribution < -0.4 is 0 Å². The molecular formula is C18H16N2OS. The lowest BCUT2D eigenvalue weighted by molar-refractivity contribution is 0.130. The van der Waals surface area contributed by atoms with E-state index in [0.717, 1.165) is 40.4 Å². The van der Waals surface area contributed by atoms with E-state index in [2.05, 4.69) is 23.0 Å². The summed E-state index contributed by atoms with van der Waals surface area (Å²) in [4.78, 5) is 9.94. The van der Waals surface area contributed by atoms with Gasteiger partial charge in [-0.25, -0.2) is 4.98 Å². The van der Waals surface area contributed by atoms with Crippen LogP contribution in [0.4, 0.5) is 0 Å². The van der Waals surface area contributed by atoms with Crippen molar-refractivity contribution in [1.82, 2.24) is 4.98 Å². The van der Waals surface area contributed by atoms with Crippen molar-refractivity contribution >= 4 is 22.6 Å². The van der Waals surface area contributed by atoms with Gasteiger partial charge >= 0.3 is 0 Å². The Labute approximate surface area is 134 Å². The number of nitrogens with zero attached hydrogens (tertiary/aromatic N) is 2. The molecule has 0 saturated carbocycles. The Hall–Kier alpha value is -2.38. The zero-order valence-corrected chi connectivity index (χ0v) is 13.2. The summed E-state index contributed by atoms with van der Waals surface area (Å²) in [5.41, 5.74) is 5.47. The molecule has 4 heteroatoms. The molecule has 0 radical (unpaired) electrons. The van der Waals surface area contributed by atoms with E-state index in [1.807, 2.05) is 35.7 Å². The summed E-state index contributed by atoms with van der Waals surface area (Å²) >= 11 is 1.50. The molecule has 1 aromatic carbocycles. The number of thiazole rings is 1. The molecule has 3 rings (SSSR count). The van der Waals surface area contributed by atoms with Crippen molar-refractivity contribution in [1.29, 1.82) is 0 Å². The Balaban J connectivity index is 1.70. The van der Waals surface area contributed by atoms with Gasteiger partial charge in [0.25, 0.3) is 0 Å². The van der Waals surface area contributed by atoms with Crippen LogP contribution in [0, 0.1) is 12.3 Å². The third-order valence-electron chi connectivity index (χ3n) is 3.68. The molecule has 1 aliphatic carbocycles. The minimum absolute atomic E-state index is 0.491. The van der Waals surface area contributed by atoms with Gasteiger partial charge in [0, 0.05) is 5.38 Å². The van der Waals surface area contributed by atoms with Gasteiger partial charge in [-0.3, -0.25) is 0 Å². The van der Waals surface area contributed by atoms with Crippen LogP contribution in [0.5, 0.6) is 0 Å². The number of aromatic nitrogens is 1. The average Bonchev–Trinajstić information content (AvgIpc) is 3.16. The molecule has 0 unspecified atom stereocenters. The zero-order valence-electron chi connectivity index (χ0n) is 12.4. The first-order valence-corrected chi connectivity index (χ1v) is 8.01. The van der Waals surface area contributed by atoms with Crippen LogP contribution in [0.25, 0.3) is 5.57 Å². The van der Waals surface area contributed by atoms with E-state index in [1.54, 1.807) is 0 Å². The summed E-state index contributed by atoms with van der Waals surface area (Å²) in [5, 5.41) is 7.04. The molecule has 1 heterocycles. The van der Waals surface area contributed by atoms with Crippen LogP contribution in [0.2, 0.25) is 0 Å². The Morgan fingerprint density at radius 2 is 2.14 bits per heavy atom. The fraction of sp³-hybridized carbons (Fsp3) is 0.222. The molecule has 0 saturated heterocycles. The lowest BCUT2D eigenvalue weighted by atomic mass is 10.1. The Bertz CT molecular complexity index is 766. The number of oxime groups is 1. The van der Waals surface area contributed by atoms with E-state index in [4.69, 9.17) is 11.3 Å². The van der Waals surface area contributed by atoms with Gasteiger partial charge in [0.05, 0.1) is 11.4 Å².